The lowest BCUT2D eigenvalue weighted by atomic mass is 10.1. The maximum atomic E-state index is 13.3. The van der Waals surface area contributed by atoms with Crippen LogP contribution in [0.5, 0.6) is 0 Å². The van der Waals surface area contributed by atoms with E-state index in [4.69, 9.17) is 11.6 Å². The molecule has 4 rings (SSSR count). The largest absolute Gasteiger partial charge is 0.296 e. The van der Waals surface area contributed by atoms with Crippen LogP contribution in [0.3, 0.4) is 0 Å². The van der Waals surface area contributed by atoms with Gasteiger partial charge in [-0.1, -0.05) is 34.5 Å². The van der Waals surface area contributed by atoms with Crippen molar-refractivity contribution in [1.29, 1.82) is 0 Å². The third kappa shape index (κ3) is 5.84. The molecule has 36 heavy (non-hydrogen) atoms. The van der Waals surface area contributed by atoms with Gasteiger partial charge in [0.05, 0.1) is 40.7 Å². The van der Waals surface area contributed by atoms with Crippen molar-refractivity contribution < 1.29 is 16.8 Å². The first-order valence-electron chi connectivity index (χ1n) is 11.3. The van der Waals surface area contributed by atoms with Gasteiger partial charge in [0, 0.05) is 42.2 Å². The number of sulfone groups is 1. The molecular weight excluding hydrogens is 592 g/mol. The molecule has 1 aliphatic heterocycles. The Kier molecular flexibility index (Phi) is 7.94. The first-order chi connectivity index (χ1) is 16.9. The van der Waals surface area contributed by atoms with Gasteiger partial charge >= 0.3 is 0 Å². The molecule has 0 atom stereocenters. The number of benzene rings is 2. The van der Waals surface area contributed by atoms with Gasteiger partial charge in [-0.2, -0.15) is 4.31 Å². The fraction of sp³-hybridized carbons (Fsp3) is 0.391. The zero-order valence-corrected chi connectivity index (χ0v) is 23.8. The topological polar surface area (TPSA) is 110 Å². The van der Waals surface area contributed by atoms with Crippen molar-refractivity contribution in [3.05, 3.63) is 67.6 Å². The van der Waals surface area contributed by atoms with Gasteiger partial charge in [-0.25, -0.2) is 21.8 Å². The number of halogens is 2. The molecule has 0 aliphatic carbocycles. The van der Waals surface area contributed by atoms with Crippen molar-refractivity contribution >= 4 is 58.3 Å². The van der Waals surface area contributed by atoms with Gasteiger partial charge in [-0.3, -0.25) is 14.3 Å². The molecule has 0 radical (unpaired) electrons. The highest BCUT2D eigenvalue weighted by molar-refractivity contribution is 9.10. The highest BCUT2D eigenvalue weighted by atomic mass is 79.9. The maximum Gasteiger partial charge on any atom is 0.261 e. The number of piperazine rings is 1. The van der Waals surface area contributed by atoms with Gasteiger partial charge in [0.1, 0.15) is 0 Å². The Morgan fingerprint density at radius 2 is 1.69 bits per heavy atom. The second kappa shape index (κ2) is 10.5. The number of hydrogen-bond acceptors (Lipinski definition) is 7. The molecule has 0 amide bonds. The van der Waals surface area contributed by atoms with Crippen LogP contribution in [-0.4, -0.2) is 73.8 Å². The molecule has 1 saturated heterocycles. The van der Waals surface area contributed by atoms with Crippen LogP contribution in [0.2, 0.25) is 5.02 Å². The minimum absolute atomic E-state index is 0.0148. The monoisotopic (exact) mass is 616 g/mol. The number of hydrogen-bond donors (Lipinski definition) is 0. The summed E-state index contributed by atoms with van der Waals surface area (Å²) >= 11 is 9.68. The molecule has 13 heteroatoms. The van der Waals surface area contributed by atoms with E-state index in [0.29, 0.717) is 54.2 Å². The van der Waals surface area contributed by atoms with Gasteiger partial charge in [0.25, 0.3) is 5.56 Å². The van der Waals surface area contributed by atoms with Crippen LogP contribution in [0.15, 0.2) is 50.8 Å². The van der Waals surface area contributed by atoms with Crippen molar-refractivity contribution in [1.82, 2.24) is 18.8 Å². The summed E-state index contributed by atoms with van der Waals surface area (Å²) in [4.78, 5) is 20.0. The van der Waals surface area contributed by atoms with E-state index in [2.05, 4.69) is 25.8 Å². The summed E-state index contributed by atoms with van der Waals surface area (Å²) in [6, 6.07) is 8.12. The summed E-state index contributed by atoms with van der Waals surface area (Å²) in [5.74, 6) is -0.0640. The number of aromatic nitrogens is 2. The normalized spacial score (nSPS) is 16.0. The Bertz CT molecular complexity index is 1580. The SMILES string of the molecule is CCS(=O)(=O)c1ccc(Cl)cc1Cn1cnc2cc(CN3CCN(S(C)(=O)=O)CC3)c(Br)cc2c1=O. The van der Waals surface area contributed by atoms with Crippen LogP contribution in [0.4, 0.5) is 0 Å². The predicted octanol–water partition coefficient (Wildman–Crippen LogP) is 2.73. The Labute approximate surface area is 223 Å². The van der Waals surface area contributed by atoms with Crippen LogP contribution >= 0.6 is 27.5 Å². The Morgan fingerprint density at radius 3 is 2.33 bits per heavy atom. The first-order valence-corrected chi connectivity index (χ1v) is 15.9. The zero-order valence-electron chi connectivity index (χ0n) is 19.8. The number of fused-ring (bicyclic) bond motifs is 1. The van der Waals surface area contributed by atoms with E-state index < -0.39 is 19.9 Å². The third-order valence-electron chi connectivity index (χ3n) is 6.26. The van der Waals surface area contributed by atoms with E-state index in [-0.39, 0.29) is 22.8 Å². The number of nitrogens with zero attached hydrogens (tertiary/aromatic N) is 4. The lowest BCUT2D eigenvalue weighted by Gasteiger charge is -2.33. The molecule has 2 heterocycles. The molecular formula is C23H26BrClN4O5S2. The maximum absolute atomic E-state index is 13.3. The molecule has 0 unspecified atom stereocenters. The lowest BCUT2D eigenvalue weighted by Crippen LogP contribution is -2.47. The van der Waals surface area contributed by atoms with Gasteiger partial charge in [0.15, 0.2) is 9.84 Å². The minimum Gasteiger partial charge on any atom is -0.296 e. The van der Waals surface area contributed by atoms with Crippen LogP contribution in [0.1, 0.15) is 18.1 Å². The fourth-order valence-electron chi connectivity index (χ4n) is 4.23. The molecule has 0 spiro atoms. The number of sulfonamides is 1. The average molecular weight is 618 g/mol. The van der Waals surface area contributed by atoms with Crippen molar-refractivity contribution in [3.8, 4) is 0 Å². The average Bonchev–Trinajstić information content (AvgIpc) is 2.82. The smallest absolute Gasteiger partial charge is 0.261 e. The fourth-order valence-corrected chi connectivity index (χ4v) is 6.83. The van der Waals surface area contributed by atoms with Gasteiger partial charge in [-0.05, 0) is 41.5 Å². The van der Waals surface area contributed by atoms with E-state index in [0.717, 1.165) is 10.0 Å². The van der Waals surface area contributed by atoms with E-state index in [1.54, 1.807) is 19.1 Å². The molecule has 0 saturated carbocycles. The molecule has 1 aromatic heterocycles. The molecule has 2 aromatic carbocycles. The Balaban J connectivity index is 1.61. The minimum atomic E-state index is -3.50. The van der Waals surface area contributed by atoms with E-state index >= 15 is 0 Å². The molecule has 1 aliphatic rings. The van der Waals surface area contributed by atoms with E-state index in [1.807, 2.05) is 6.07 Å². The molecule has 1 fully saturated rings. The van der Waals surface area contributed by atoms with Crippen molar-refractivity contribution in [3.63, 3.8) is 0 Å². The second-order valence-corrected chi connectivity index (χ2v) is 14.3. The third-order valence-corrected chi connectivity index (χ3v) is 10.4. The summed E-state index contributed by atoms with van der Waals surface area (Å²) < 4.78 is 52.2. The quantitative estimate of drug-likeness (QED) is 0.401. The highest BCUT2D eigenvalue weighted by Crippen LogP contribution is 2.25. The zero-order chi connectivity index (χ0) is 26.3. The van der Waals surface area contributed by atoms with Crippen LogP contribution in [-0.2, 0) is 33.0 Å². The van der Waals surface area contributed by atoms with E-state index in [1.165, 1.54) is 33.6 Å². The Morgan fingerprint density at radius 1 is 1.00 bits per heavy atom. The van der Waals surface area contributed by atoms with Gasteiger partial charge in [0.2, 0.25) is 10.0 Å². The van der Waals surface area contributed by atoms with Crippen LogP contribution < -0.4 is 5.56 Å². The molecule has 0 bridgehead atoms. The summed E-state index contributed by atoms with van der Waals surface area (Å²) in [5, 5.41) is 0.781. The first kappa shape index (κ1) is 27.2. The van der Waals surface area contributed by atoms with Gasteiger partial charge < -0.3 is 0 Å². The van der Waals surface area contributed by atoms with Crippen LogP contribution in [0.25, 0.3) is 10.9 Å². The van der Waals surface area contributed by atoms with Crippen LogP contribution in [0, 0.1) is 0 Å². The van der Waals surface area contributed by atoms with Gasteiger partial charge in [-0.15, -0.1) is 0 Å². The molecule has 3 aromatic rings. The van der Waals surface area contributed by atoms with Crippen molar-refractivity contribution in [2.24, 2.45) is 0 Å². The molecule has 194 valence electrons. The number of rotatable bonds is 7. The standard InChI is InChI=1S/C23H26BrClN4O5S2/c1-3-36(33,34)22-5-4-18(25)10-17(22)14-28-15-26-21-11-16(20(24)12-19(21)23(28)30)13-27-6-8-29(9-7-27)35(2,31)32/h4-5,10-12,15H,3,6-9,13-14H2,1-2H3. The summed E-state index contributed by atoms with van der Waals surface area (Å²) in [6.45, 7) is 4.25. The summed E-state index contributed by atoms with van der Waals surface area (Å²) in [5.41, 5.74) is 1.59. The second-order valence-electron chi connectivity index (χ2n) is 8.73. The Hall–Kier alpha value is -1.83. The van der Waals surface area contributed by atoms with E-state index in [9.17, 15) is 21.6 Å². The van der Waals surface area contributed by atoms with Crippen molar-refractivity contribution in [2.75, 3.05) is 38.2 Å². The predicted molar refractivity (Wildman–Crippen MR) is 144 cm³/mol. The molecule has 0 N–H and O–H groups in total. The highest BCUT2D eigenvalue weighted by Gasteiger charge is 2.24. The summed E-state index contributed by atoms with van der Waals surface area (Å²) in [6.07, 6.45) is 2.63. The molecule has 9 nitrogen and oxygen atoms in total. The summed E-state index contributed by atoms with van der Waals surface area (Å²) in [7, 11) is -6.70. The van der Waals surface area contributed by atoms with Crippen molar-refractivity contribution in [2.45, 2.75) is 24.9 Å². The lowest BCUT2D eigenvalue weighted by molar-refractivity contribution is 0.182.